The average molecular weight is 471 g/mol. The van der Waals surface area contributed by atoms with Gasteiger partial charge in [0, 0.05) is 13.0 Å². The Kier molecular flexibility index (Phi) is 9.69. The minimum absolute atomic E-state index is 0.0434. The highest BCUT2D eigenvalue weighted by molar-refractivity contribution is 8.17. The van der Waals surface area contributed by atoms with E-state index in [9.17, 15) is 21.0 Å². The lowest BCUT2D eigenvalue weighted by Crippen LogP contribution is -2.49. The van der Waals surface area contributed by atoms with Crippen LogP contribution in [0.15, 0.2) is 22.8 Å². The highest BCUT2D eigenvalue weighted by atomic mass is 32.2. The number of rotatable bonds is 8. The maximum atomic E-state index is 10.4. The first kappa shape index (κ1) is 26.3. The molecule has 32 heavy (non-hydrogen) atoms. The van der Waals surface area contributed by atoms with Crippen LogP contribution in [0.4, 0.5) is 0 Å². The van der Waals surface area contributed by atoms with Crippen LogP contribution in [0, 0.1) is 62.1 Å². The lowest BCUT2D eigenvalue weighted by molar-refractivity contribution is -0.0622. The second kappa shape index (κ2) is 11.8. The molecule has 2 aliphatic rings. The monoisotopic (exact) mass is 470 g/mol. The van der Waals surface area contributed by atoms with E-state index in [0.717, 1.165) is 41.9 Å². The van der Waals surface area contributed by atoms with E-state index in [1.807, 2.05) is 13.0 Å². The summed E-state index contributed by atoms with van der Waals surface area (Å²) in [5.41, 5.74) is -1.61. The number of nitrogens with zero attached hydrogens (tertiary/aromatic N) is 4. The van der Waals surface area contributed by atoms with Crippen molar-refractivity contribution in [2.75, 3.05) is 25.4 Å². The maximum absolute atomic E-state index is 10.4. The molecule has 0 aromatic rings. The third-order valence-electron chi connectivity index (χ3n) is 6.22. The minimum Gasteiger partial charge on any atom is -0.359 e. The summed E-state index contributed by atoms with van der Waals surface area (Å²) in [7, 11) is 1.55. The van der Waals surface area contributed by atoms with Gasteiger partial charge in [-0.15, -0.1) is 23.5 Å². The lowest BCUT2D eigenvalue weighted by Gasteiger charge is -2.44. The van der Waals surface area contributed by atoms with Gasteiger partial charge in [0.05, 0.1) is 35.0 Å². The molecule has 0 radical (unpaired) electrons. The number of methoxy groups -OCH3 is 1. The summed E-state index contributed by atoms with van der Waals surface area (Å²) >= 11 is 3.58. The summed E-state index contributed by atoms with van der Waals surface area (Å²) < 4.78 is 11.2. The molecule has 170 valence electrons. The van der Waals surface area contributed by atoms with E-state index in [1.54, 1.807) is 37.6 Å². The number of nitriles is 4. The van der Waals surface area contributed by atoms with E-state index in [2.05, 4.69) is 31.2 Å². The van der Waals surface area contributed by atoms with Gasteiger partial charge in [0.15, 0.2) is 5.41 Å². The zero-order valence-electron chi connectivity index (χ0n) is 19.2. The highest BCUT2D eigenvalue weighted by Crippen LogP contribution is 2.59. The van der Waals surface area contributed by atoms with Crippen molar-refractivity contribution in [2.45, 2.75) is 57.1 Å². The molecule has 2 atom stereocenters. The third kappa shape index (κ3) is 4.57. The lowest BCUT2D eigenvalue weighted by atomic mass is 9.52. The van der Waals surface area contributed by atoms with Gasteiger partial charge in [0.25, 0.3) is 0 Å². The van der Waals surface area contributed by atoms with Crippen molar-refractivity contribution in [3.8, 4) is 24.3 Å². The molecule has 0 unspecified atom stereocenters. The summed E-state index contributed by atoms with van der Waals surface area (Å²) in [5.74, 6) is 1.41. The highest BCUT2D eigenvalue weighted by Gasteiger charge is 2.63. The van der Waals surface area contributed by atoms with Gasteiger partial charge >= 0.3 is 0 Å². The fourth-order valence-corrected chi connectivity index (χ4v) is 7.40. The smallest absolute Gasteiger partial charge is 0.201 e. The van der Waals surface area contributed by atoms with Gasteiger partial charge in [-0.05, 0) is 48.0 Å². The minimum atomic E-state index is -1.91. The van der Waals surface area contributed by atoms with Crippen LogP contribution in [0.5, 0.6) is 0 Å². The first-order valence-electron chi connectivity index (χ1n) is 10.8. The number of ether oxygens (including phenoxy) is 2. The van der Waals surface area contributed by atoms with Crippen LogP contribution in [0.25, 0.3) is 0 Å². The van der Waals surface area contributed by atoms with Gasteiger partial charge < -0.3 is 9.47 Å². The molecule has 1 aliphatic carbocycles. The molecule has 0 spiro atoms. The molecule has 1 fully saturated rings. The Hall–Kier alpha value is -1.94. The molecule has 2 rings (SSSR count). The zero-order valence-corrected chi connectivity index (χ0v) is 20.8. The van der Waals surface area contributed by atoms with Crippen molar-refractivity contribution in [3.05, 3.63) is 22.8 Å². The maximum Gasteiger partial charge on any atom is 0.201 e. The van der Waals surface area contributed by atoms with E-state index >= 15 is 0 Å². The molecular weight excluding hydrogens is 440 g/mol. The SMILES string of the molecule is CCCC[C@@H](OCOC)/C(C)=C1\C(C2SCCCS2)=C[C@H](C)C(C#N)(C#N)C1(C#N)C#N. The Bertz CT molecular complexity index is 874. The second-order valence-corrected chi connectivity index (χ2v) is 10.8. The van der Waals surface area contributed by atoms with Crippen molar-refractivity contribution in [1.29, 1.82) is 21.0 Å². The molecular formula is C24H30N4O2S2. The zero-order chi connectivity index (χ0) is 23.8. The van der Waals surface area contributed by atoms with Crippen LogP contribution in [-0.4, -0.2) is 36.1 Å². The fraction of sp³-hybridized carbons (Fsp3) is 0.667. The molecule has 1 saturated heterocycles. The molecule has 0 aromatic carbocycles. The predicted octanol–water partition coefficient (Wildman–Crippen LogP) is 5.32. The van der Waals surface area contributed by atoms with Crippen LogP contribution < -0.4 is 0 Å². The van der Waals surface area contributed by atoms with E-state index < -0.39 is 16.7 Å². The number of hydrogen-bond acceptors (Lipinski definition) is 8. The molecule has 1 heterocycles. The van der Waals surface area contributed by atoms with Crippen molar-refractivity contribution in [2.24, 2.45) is 16.7 Å². The Morgan fingerprint density at radius 3 is 2.28 bits per heavy atom. The summed E-state index contributed by atoms with van der Waals surface area (Å²) in [6, 6.07) is 8.45. The first-order valence-corrected chi connectivity index (χ1v) is 12.9. The normalized spacial score (nSPS) is 24.8. The van der Waals surface area contributed by atoms with Crippen LogP contribution >= 0.6 is 23.5 Å². The van der Waals surface area contributed by atoms with Crippen LogP contribution in [0.3, 0.4) is 0 Å². The Morgan fingerprint density at radius 1 is 1.16 bits per heavy atom. The molecule has 0 aromatic heterocycles. The van der Waals surface area contributed by atoms with E-state index in [-0.39, 0.29) is 17.5 Å². The summed E-state index contributed by atoms with van der Waals surface area (Å²) in [5, 5.41) is 41.1. The van der Waals surface area contributed by atoms with Gasteiger partial charge in [-0.1, -0.05) is 32.8 Å². The first-order chi connectivity index (χ1) is 15.4. The Labute approximate surface area is 200 Å². The molecule has 6 nitrogen and oxygen atoms in total. The molecule has 0 saturated carbocycles. The third-order valence-corrected chi connectivity index (χ3v) is 9.20. The average Bonchev–Trinajstić information content (AvgIpc) is 2.83. The van der Waals surface area contributed by atoms with Crippen LogP contribution in [0.2, 0.25) is 0 Å². The van der Waals surface area contributed by atoms with E-state index in [4.69, 9.17) is 9.47 Å². The van der Waals surface area contributed by atoms with Crippen molar-refractivity contribution in [1.82, 2.24) is 0 Å². The molecule has 1 aliphatic heterocycles. The largest absolute Gasteiger partial charge is 0.359 e. The van der Waals surface area contributed by atoms with Crippen LogP contribution in [-0.2, 0) is 9.47 Å². The van der Waals surface area contributed by atoms with Crippen molar-refractivity contribution >= 4 is 23.5 Å². The Balaban J connectivity index is 2.85. The number of unbranched alkanes of at least 4 members (excludes halogenated alkanes) is 1. The fourth-order valence-electron chi connectivity index (χ4n) is 4.46. The van der Waals surface area contributed by atoms with Crippen molar-refractivity contribution in [3.63, 3.8) is 0 Å². The Morgan fingerprint density at radius 2 is 1.78 bits per heavy atom. The summed E-state index contributed by atoms with van der Waals surface area (Å²) in [6.07, 6.45) is 5.23. The van der Waals surface area contributed by atoms with Crippen molar-refractivity contribution < 1.29 is 9.47 Å². The summed E-state index contributed by atoms with van der Waals surface area (Å²) in [4.78, 5) is 0. The molecule has 0 amide bonds. The van der Waals surface area contributed by atoms with Gasteiger partial charge in [-0.25, -0.2) is 0 Å². The molecule has 0 bridgehead atoms. The van der Waals surface area contributed by atoms with E-state index in [0.29, 0.717) is 12.0 Å². The van der Waals surface area contributed by atoms with Gasteiger partial charge in [0.2, 0.25) is 5.41 Å². The van der Waals surface area contributed by atoms with Gasteiger partial charge in [0.1, 0.15) is 6.79 Å². The number of thioether (sulfide) groups is 2. The summed E-state index contributed by atoms with van der Waals surface area (Å²) in [6.45, 7) is 5.80. The van der Waals surface area contributed by atoms with E-state index in [1.165, 1.54) is 0 Å². The molecule has 0 N–H and O–H groups in total. The van der Waals surface area contributed by atoms with Gasteiger partial charge in [-0.3, -0.25) is 0 Å². The standard InChI is InChI=1S/C24H30N4O2S2/c1-5-6-8-20(30-16-29-4)18(3)21-19(22-31-9-7-10-32-22)11-17(2)23(12-25,13-26)24(21,14-27)15-28/h11,17,20,22H,5-10,16H2,1-4H3/b21-18+/t17-,20+/m0/s1. The number of hydrogen-bond donors (Lipinski definition) is 0. The second-order valence-electron chi connectivity index (χ2n) is 8.11. The number of allylic oxidation sites excluding steroid dienone is 2. The quantitative estimate of drug-likeness (QED) is 0.438. The van der Waals surface area contributed by atoms with Crippen LogP contribution in [0.1, 0.15) is 46.5 Å². The predicted molar refractivity (Wildman–Crippen MR) is 127 cm³/mol. The molecule has 8 heteroatoms. The topological polar surface area (TPSA) is 114 Å². The van der Waals surface area contributed by atoms with Gasteiger partial charge in [-0.2, -0.15) is 21.0 Å².